The van der Waals surface area contributed by atoms with Crippen LogP contribution in [0.5, 0.6) is 17.2 Å². The van der Waals surface area contributed by atoms with Gasteiger partial charge in [-0.1, -0.05) is 61.5 Å². The van der Waals surface area contributed by atoms with Crippen LogP contribution in [0.2, 0.25) is 0 Å². The molecular weight excluding hydrogens is 616 g/mol. The lowest BCUT2D eigenvalue weighted by atomic mass is 9.88. The summed E-state index contributed by atoms with van der Waals surface area (Å²) >= 11 is 0. The molecular formula is C41H34N2O6. The number of nitrogens with zero attached hydrogens (tertiary/aromatic N) is 1. The van der Waals surface area contributed by atoms with Gasteiger partial charge in [0.25, 0.3) is 5.91 Å². The number of rotatable bonds is 9. The second kappa shape index (κ2) is 15.1. The van der Waals surface area contributed by atoms with Gasteiger partial charge in [0.2, 0.25) is 11.8 Å². The Morgan fingerprint density at radius 3 is 2.10 bits per heavy atom. The zero-order chi connectivity index (χ0) is 34.2. The van der Waals surface area contributed by atoms with Crippen molar-refractivity contribution in [1.82, 2.24) is 10.2 Å². The molecule has 2 aliphatic heterocycles. The van der Waals surface area contributed by atoms with Gasteiger partial charge in [0, 0.05) is 18.5 Å². The third-order valence-corrected chi connectivity index (χ3v) is 8.43. The summed E-state index contributed by atoms with van der Waals surface area (Å²) in [6.07, 6.45) is 1.36. The van der Waals surface area contributed by atoms with Crippen LogP contribution in [-0.4, -0.2) is 47.0 Å². The number of phenols is 1. The molecule has 244 valence electrons. The molecule has 1 atom stereocenters. The first-order chi connectivity index (χ1) is 23.9. The third kappa shape index (κ3) is 7.67. The summed E-state index contributed by atoms with van der Waals surface area (Å²) in [5, 5.41) is 12.2. The first-order valence-corrected chi connectivity index (χ1v) is 16.1. The van der Waals surface area contributed by atoms with Crippen LogP contribution in [0.25, 0.3) is 11.1 Å². The number of nitrogens with one attached hydrogen (secondary N) is 1. The molecule has 1 fully saturated rings. The Kier molecular flexibility index (Phi) is 10.1. The number of phenolic OH excluding ortho intramolecular Hbond substituents is 1. The molecule has 4 aromatic carbocycles. The Bertz CT molecular complexity index is 2030. The molecule has 0 radical (unpaired) electrons. The number of amides is 3. The van der Waals surface area contributed by atoms with Crippen molar-refractivity contribution in [2.75, 3.05) is 13.2 Å². The molecule has 2 aliphatic rings. The zero-order valence-corrected chi connectivity index (χ0v) is 27.0. The molecule has 3 amide bonds. The molecule has 1 saturated heterocycles. The van der Waals surface area contributed by atoms with Crippen molar-refractivity contribution in [2.45, 2.75) is 38.8 Å². The number of carbonyl (C=O) groups is 3. The second-order valence-electron chi connectivity index (χ2n) is 11.5. The molecule has 0 saturated carbocycles. The highest BCUT2D eigenvalue weighted by Crippen LogP contribution is 2.36. The number of hydrogen-bond acceptors (Lipinski definition) is 6. The standard InChI is InChI=1S/C41H34N2O6/c1-2-35(28-10-6-5-7-11-28)39(29-12-16-32(44)17-13-29)30-14-18-33(19-15-30)48-24-8-3-4-9-25-49-34-20-21-36-31(26-34)27-43(41(36)47)37-22-23-38(45)42-40(37)46/h5-7,10-21,26,37,44H,2,22-25,27H2,1H3,(H,42,45,46)/b39-35-. The van der Waals surface area contributed by atoms with Crippen molar-refractivity contribution in [1.29, 1.82) is 0 Å². The molecule has 8 heteroatoms. The van der Waals surface area contributed by atoms with Gasteiger partial charge in [-0.15, -0.1) is 0 Å². The van der Waals surface area contributed by atoms with Gasteiger partial charge in [0.1, 0.15) is 36.5 Å². The van der Waals surface area contributed by atoms with E-state index in [2.05, 4.69) is 48.1 Å². The Morgan fingerprint density at radius 1 is 0.816 bits per heavy atom. The maximum atomic E-state index is 12.9. The van der Waals surface area contributed by atoms with Gasteiger partial charge in [-0.2, -0.15) is 0 Å². The van der Waals surface area contributed by atoms with Gasteiger partial charge in [-0.05, 0) is 112 Å². The molecule has 0 aliphatic carbocycles. The van der Waals surface area contributed by atoms with E-state index < -0.39 is 11.9 Å². The molecule has 1 unspecified atom stereocenters. The highest BCUT2D eigenvalue weighted by Gasteiger charge is 2.39. The van der Waals surface area contributed by atoms with Crippen molar-refractivity contribution in [3.05, 3.63) is 125 Å². The van der Waals surface area contributed by atoms with Gasteiger partial charge in [-0.3, -0.25) is 19.7 Å². The summed E-state index contributed by atoms with van der Waals surface area (Å²) in [7, 11) is 0. The number of aromatic hydroxyl groups is 1. The predicted molar refractivity (Wildman–Crippen MR) is 186 cm³/mol. The van der Waals surface area contributed by atoms with E-state index in [4.69, 9.17) is 9.47 Å². The Balaban J connectivity index is 1.03. The van der Waals surface area contributed by atoms with Crippen LogP contribution in [-0.2, 0) is 16.1 Å². The lowest BCUT2D eigenvalue weighted by Crippen LogP contribution is -2.52. The SMILES string of the molecule is CC/C(=C(\c1ccc(O)cc1)c1ccc(OCC#CC#CCOc2ccc3c(c2)CN(C2CCC(=O)NC2=O)C3=O)cc1)c1ccccc1. The normalized spacial score (nSPS) is 15.6. The number of piperidine rings is 1. The third-order valence-electron chi connectivity index (χ3n) is 8.43. The Labute approximate surface area is 285 Å². The summed E-state index contributed by atoms with van der Waals surface area (Å²) in [5.74, 6) is 11.8. The minimum absolute atomic E-state index is 0.111. The smallest absolute Gasteiger partial charge is 0.255 e. The number of ether oxygens (including phenoxy) is 2. The number of fused-ring (bicyclic) bond motifs is 1. The molecule has 2 heterocycles. The van der Waals surface area contributed by atoms with Gasteiger partial charge < -0.3 is 19.5 Å². The monoisotopic (exact) mass is 650 g/mol. The van der Waals surface area contributed by atoms with Crippen LogP contribution >= 0.6 is 0 Å². The average molecular weight is 651 g/mol. The molecule has 0 spiro atoms. The Morgan fingerprint density at radius 2 is 1.45 bits per heavy atom. The van der Waals surface area contributed by atoms with Crippen molar-refractivity contribution in [2.24, 2.45) is 0 Å². The summed E-state index contributed by atoms with van der Waals surface area (Å²) in [4.78, 5) is 38.1. The van der Waals surface area contributed by atoms with Gasteiger partial charge in [0.05, 0.1) is 0 Å². The van der Waals surface area contributed by atoms with Crippen LogP contribution in [0.3, 0.4) is 0 Å². The fraction of sp³-hybridized carbons (Fsp3) is 0.195. The van der Waals surface area contributed by atoms with E-state index in [9.17, 15) is 19.5 Å². The molecule has 8 nitrogen and oxygen atoms in total. The molecule has 0 aromatic heterocycles. The van der Waals surface area contributed by atoms with Crippen LogP contribution in [0, 0.1) is 23.7 Å². The first kappa shape index (κ1) is 32.7. The minimum Gasteiger partial charge on any atom is -0.508 e. The number of benzene rings is 4. The summed E-state index contributed by atoms with van der Waals surface area (Å²) < 4.78 is 11.6. The largest absolute Gasteiger partial charge is 0.508 e. The van der Waals surface area contributed by atoms with Crippen molar-refractivity contribution in [3.63, 3.8) is 0 Å². The maximum absolute atomic E-state index is 12.9. The summed E-state index contributed by atoms with van der Waals surface area (Å²) in [5.41, 5.74) is 6.80. The fourth-order valence-corrected chi connectivity index (χ4v) is 6.07. The van der Waals surface area contributed by atoms with E-state index in [0.29, 0.717) is 23.5 Å². The average Bonchev–Trinajstić information content (AvgIpc) is 3.44. The van der Waals surface area contributed by atoms with Crippen molar-refractivity contribution in [3.8, 4) is 40.9 Å². The van der Waals surface area contributed by atoms with E-state index in [1.807, 2.05) is 54.6 Å². The van der Waals surface area contributed by atoms with E-state index >= 15 is 0 Å². The lowest BCUT2D eigenvalue weighted by Gasteiger charge is -2.29. The molecule has 6 rings (SSSR count). The second-order valence-corrected chi connectivity index (χ2v) is 11.5. The lowest BCUT2D eigenvalue weighted by molar-refractivity contribution is -0.136. The van der Waals surface area contributed by atoms with E-state index in [1.165, 1.54) is 10.5 Å². The highest BCUT2D eigenvalue weighted by molar-refractivity contribution is 6.05. The summed E-state index contributed by atoms with van der Waals surface area (Å²) in [6, 6.07) is 30.0. The number of allylic oxidation sites excluding steroid dienone is 1. The molecule has 4 aromatic rings. The fourth-order valence-electron chi connectivity index (χ4n) is 6.07. The zero-order valence-electron chi connectivity index (χ0n) is 27.0. The molecule has 49 heavy (non-hydrogen) atoms. The first-order valence-electron chi connectivity index (χ1n) is 16.1. The number of carbonyl (C=O) groups excluding carboxylic acids is 3. The van der Waals surface area contributed by atoms with Gasteiger partial charge in [0.15, 0.2) is 0 Å². The maximum Gasteiger partial charge on any atom is 0.255 e. The highest BCUT2D eigenvalue weighted by atomic mass is 16.5. The predicted octanol–water partition coefficient (Wildman–Crippen LogP) is 5.99. The minimum atomic E-state index is -0.657. The molecule has 2 N–H and O–H groups in total. The van der Waals surface area contributed by atoms with Gasteiger partial charge >= 0.3 is 0 Å². The van der Waals surface area contributed by atoms with Crippen molar-refractivity contribution < 1.29 is 29.0 Å². The Hall–Kier alpha value is -6.25. The van der Waals surface area contributed by atoms with E-state index in [0.717, 1.165) is 34.2 Å². The van der Waals surface area contributed by atoms with Crippen LogP contribution in [0.4, 0.5) is 0 Å². The topological polar surface area (TPSA) is 105 Å². The van der Waals surface area contributed by atoms with Crippen molar-refractivity contribution >= 4 is 28.9 Å². The summed E-state index contributed by atoms with van der Waals surface area (Å²) in [6.45, 7) is 2.70. The van der Waals surface area contributed by atoms with Gasteiger partial charge in [-0.25, -0.2) is 0 Å². The van der Waals surface area contributed by atoms with E-state index in [1.54, 1.807) is 30.3 Å². The van der Waals surface area contributed by atoms with Crippen LogP contribution in [0.15, 0.2) is 97.1 Å². The van der Waals surface area contributed by atoms with Crippen LogP contribution in [0.1, 0.15) is 58.8 Å². The van der Waals surface area contributed by atoms with E-state index in [-0.39, 0.29) is 43.7 Å². The molecule has 0 bridgehead atoms. The number of imide groups is 1. The van der Waals surface area contributed by atoms with Crippen LogP contribution < -0.4 is 14.8 Å². The number of hydrogen-bond donors (Lipinski definition) is 2. The quantitative estimate of drug-likeness (QED) is 0.131.